The van der Waals surface area contributed by atoms with Gasteiger partial charge in [-0.05, 0) is 48.6 Å². The van der Waals surface area contributed by atoms with Gasteiger partial charge in [-0.15, -0.1) is 0 Å². The lowest BCUT2D eigenvalue weighted by Crippen LogP contribution is -2.30. The summed E-state index contributed by atoms with van der Waals surface area (Å²) in [6.07, 6.45) is 2.05. The van der Waals surface area contributed by atoms with Gasteiger partial charge in [-0.1, -0.05) is 30.3 Å². The smallest absolute Gasteiger partial charge is 0.257 e. The molecule has 1 heterocycles. The van der Waals surface area contributed by atoms with E-state index in [4.69, 9.17) is 4.74 Å². The molecule has 0 spiro atoms. The number of nitrogens with one attached hydrogen (secondary N) is 2. The fourth-order valence-corrected chi connectivity index (χ4v) is 2.85. The maximum Gasteiger partial charge on any atom is 0.257 e. The van der Waals surface area contributed by atoms with Gasteiger partial charge < -0.3 is 15.4 Å². The van der Waals surface area contributed by atoms with Gasteiger partial charge in [-0.25, -0.2) is 0 Å². The van der Waals surface area contributed by atoms with Gasteiger partial charge in [0.15, 0.2) is 6.61 Å². The minimum absolute atomic E-state index is 0.0150. The largest absolute Gasteiger partial charge is 0.484 e. The molecule has 0 saturated heterocycles. The fraction of sp³-hybridized carbons (Fsp3) is 0.300. The van der Waals surface area contributed by atoms with Crippen LogP contribution in [-0.2, 0) is 22.4 Å². The van der Waals surface area contributed by atoms with Crippen molar-refractivity contribution in [2.24, 2.45) is 0 Å². The van der Waals surface area contributed by atoms with Crippen LogP contribution in [-0.4, -0.2) is 25.0 Å². The van der Waals surface area contributed by atoms with E-state index in [1.165, 1.54) is 0 Å². The predicted octanol–water partition coefficient (Wildman–Crippen LogP) is 2.62. The van der Waals surface area contributed by atoms with E-state index in [2.05, 4.69) is 16.7 Å². The van der Waals surface area contributed by atoms with E-state index in [1.54, 1.807) is 0 Å². The molecule has 2 N–H and O–H groups in total. The van der Waals surface area contributed by atoms with Crippen LogP contribution >= 0.6 is 0 Å². The molecule has 2 aromatic rings. The fourth-order valence-electron chi connectivity index (χ4n) is 2.85. The first-order valence-electron chi connectivity index (χ1n) is 8.48. The van der Waals surface area contributed by atoms with Gasteiger partial charge >= 0.3 is 0 Å². The summed E-state index contributed by atoms with van der Waals surface area (Å²) < 4.78 is 5.53. The molecule has 5 nitrogen and oxygen atoms in total. The molecular weight excluding hydrogens is 316 g/mol. The van der Waals surface area contributed by atoms with Crippen LogP contribution in [0.2, 0.25) is 0 Å². The van der Waals surface area contributed by atoms with Gasteiger partial charge in [0.25, 0.3) is 5.91 Å². The quantitative estimate of drug-likeness (QED) is 0.851. The summed E-state index contributed by atoms with van der Waals surface area (Å²) in [4.78, 5) is 23.3. The Labute approximate surface area is 147 Å². The molecule has 3 rings (SSSR count). The molecule has 0 bridgehead atoms. The highest BCUT2D eigenvalue weighted by atomic mass is 16.5. The van der Waals surface area contributed by atoms with Crippen LogP contribution in [0.3, 0.4) is 0 Å². The topological polar surface area (TPSA) is 67.4 Å². The van der Waals surface area contributed by atoms with Crippen LogP contribution < -0.4 is 15.4 Å². The zero-order valence-electron chi connectivity index (χ0n) is 14.3. The normalized spacial score (nSPS) is 12.9. The van der Waals surface area contributed by atoms with Crippen molar-refractivity contribution in [3.05, 3.63) is 59.2 Å². The number of rotatable bonds is 6. The van der Waals surface area contributed by atoms with Gasteiger partial charge in [0.2, 0.25) is 5.91 Å². The number of hydrogen-bond acceptors (Lipinski definition) is 3. The van der Waals surface area contributed by atoms with Crippen molar-refractivity contribution in [3.63, 3.8) is 0 Å². The van der Waals surface area contributed by atoms with E-state index in [-0.39, 0.29) is 18.4 Å². The maximum absolute atomic E-state index is 11.9. The van der Waals surface area contributed by atoms with Crippen molar-refractivity contribution < 1.29 is 14.3 Å². The Kier molecular flexibility index (Phi) is 5.33. The first kappa shape index (κ1) is 17.0. The number of para-hydroxylation sites is 1. The lowest BCUT2D eigenvalue weighted by molar-refractivity contribution is -0.123. The summed E-state index contributed by atoms with van der Waals surface area (Å²) in [6, 6.07) is 13.7. The van der Waals surface area contributed by atoms with Crippen molar-refractivity contribution in [3.8, 4) is 5.75 Å². The van der Waals surface area contributed by atoms with Gasteiger partial charge in [0.1, 0.15) is 5.75 Å². The second kappa shape index (κ2) is 7.83. The Hall–Kier alpha value is -2.82. The molecule has 0 atom stereocenters. The third-order valence-electron chi connectivity index (χ3n) is 4.25. The SMILES string of the molecule is Cc1ccccc1OCC(=O)NCCc1ccc2c(c1)CCC(=O)N2. The van der Waals surface area contributed by atoms with Crippen LogP contribution in [0, 0.1) is 6.92 Å². The highest BCUT2D eigenvalue weighted by molar-refractivity contribution is 5.93. The molecule has 2 aromatic carbocycles. The maximum atomic E-state index is 11.9. The van der Waals surface area contributed by atoms with Gasteiger partial charge in [-0.3, -0.25) is 9.59 Å². The minimum Gasteiger partial charge on any atom is -0.484 e. The summed E-state index contributed by atoms with van der Waals surface area (Å²) >= 11 is 0. The van der Waals surface area contributed by atoms with Crippen molar-refractivity contribution in [1.29, 1.82) is 0 Å². The number of amides is 2. The number of hydrogen-bond donors (Lipinski definition) is 2. The average Bonchev–Trinajstić information content (AvgIpc) is 2.61. The first-order valence-corrected chi connectivity index (χ1v) is 8.48. The third kappa shape index (κ3) is 4.59. The van der Waals surface area contributed by atoms with Crippen molar-refractivity contribution in [2.75, 3.05) is 18.5 Å². The minimum atomic E-state index is -0.131. The molecule has 0 aliphatic carbocycles. The average molecular weight is 338 g/mol. The Morgan fingerprint density at radius 1 is 1.20 bits per heavy atom. The summed E-state index contributed by atoms with van der Waals surface area (Å²) in [5.74, 6) is 0.670. The van der Waals surface area contributed by atoms with E-state index in [1.807, 2.05) is 43.3 Å². The van der Waals surface area contributed by atoms with E-state index >= 15 is 0 Å². The molecule has 25 heavy (non-hydrogen) atoms. The second-order valence-electron chi connectivity index (χ2n) is 6.19. The number of ether oxygens (including phenoxy) is 1. The number of fused-ring (bicyclic) bond motifs is 1. The Morgan fingerprint density at radius 3 is 2.88 bits per heavy atom. The molecule has 130 valence electrons. The molecule has 5 heteroatoms. The molecule has 1 aliphatic rings. The number of carbonyl (C=O) groups is 2. The highest BCUT2D eigenvalue weighted by Gasteiger charge is 2.14. The molecule has 0 aromatic heterocycles. The van der Waals surface area contributed by atoms with Crippen LogP contribution in [0.15, 0.2) is 42.5 Å². The Balaban J connectivity index is 1.44. The standard InChI is InChI=1S/C20H22N2O3/c1-14-4-2-3-5-18(14)25-13-20(24)21-11-10-15-6-8-17-16(12-15)7-9-19(23)22-17/h2-6,8,12H,7,9-11,13H2,1H3,(H,21,24)(H,22,23). The monoisotopic (exact) mass is 338 g/mol. The predicted molar refractivity (Wildman–Crippen MR) is 96.8 cm³/mol. The third-order valence-corrected chi connectivity index (χ3v) is 4.25. The number of aryl methyl sites for hydroxylation is 2. The Morgan fingerprint density at radius 2 is 2.04 bits per heavy atom. The summed E-state index contributed by atoms with van der Waals surface area (Å²) in [5.41, 5.74) is 4.22. The van der Waals surface area contributed by atoms with E-state index in [9.17, 15) is 9.59 Å². The lowest BCUT2D eigenvalue weighted by atomic mass is 9.99. The van der Waals surface area contributed by atoms with E-state index in [0.29, 0.717) is 13.0 Å². The van der Waals surface area contributed by atoms with Crippen molar-refractivity contribution in [2.45, 2.75) is 26.2 Å². The number of carbonyl (C=O) groups excluding carboxylic acids is 2. The zero-order valence-corrected chi connectivity index (χ0v) is 14.3. The van der Waals surface area contributed by atoms with Gasteiger partial charge in [0.05, 0.1) is 0 Å². The molecule has 0 fully saturated rings. The number of benzene rings is 2. The van der Waals surface area contributed by atoms with E-state index < -0.39 is 0 Å². The molecule has 0 unspecified atom stereocenters. The Bertz CT molecular complexity index is 786. The van der Waals surface area contributed by atoms with Crippen molar-refractivity contribution in [1.82, 2.24) is 5.32 Å². The molecule has 0 saturated carbocycles. The van der Waals surface area contributed by atoms with Crippen LogP contribution in [0.1, 0.15) is 23.1 Å². The van der Waals surface area contributed by atoms with Gasteiger partial charge in [0, 0.05) is 18.7 Å². The van der Waals surface area contributed by atoms with Crippen LogP contribution in [0.5, 0.6) is 5.75 Å². The van der Waals surface area contributed by atoms with Gasteiger partial charge in [-0.2, -0.15) is 0 Å². The summed E-state index contributed by atoms with van der Waals surface area (Å²) in [7, 11) is 0. The molecule has 2 amide bonds. The van der Waals surface area contributed by atoms with E-state index in [0.717, 1.165) is 41.0 Å². The highest BCUT2D eigenvalue weighted by Crippen LogP contribution is 2.23. The summed E-state index contributed by atoms with van der Waals surface area (Å²) in [5, 5.41) is 5.75. The van der Waals surface area contributed by atoms with Crippen molar-refractivity contribution >= 4 is 17.5 Å². The first-order chi connectivity index (χ1) is 12.1. The summed E-state index contributed by atoms with van der Waals surface area (Å²) in [6.45, 7) is 2.52. The van der Waals surface area contributed by atoms with Crippen LogP contribution in [0.25, 0.3) is 0 Å². The van der Waals surface area contributed by atoms with Crippen LogP contribution in [0.4, 0.5) is 5.69 Å². The lowest BCUT2D eigenvalue weighted by Gasteiger charge is -2.17. The zero-order chi connectivity index (χ0) is 17.6. The molecule has 0 radical (unpaired) electrons. The number of anilines is 1. The molecular formula is C20H22N2O3. The second-order valence-corrected chi connectivity index (χ2v) is 6.19. The molecule has 1 aliphatic heterocycles.